The van der Waals surface area contributed by atoms with E-state index in [1.165, 1.54) is 16.7 Å². The molecule has 84 valence electrons. The lowest BCUT2D eigenvalue weighted by Crippen LogP contribution is -1.88. The Morgan fingerprint density at radius 1 is 0.938 bits per heavy atom. The molecule has 2 rings (SSSR count). The fraction of sp³-hybridized carbons (Fsp3) is 0.286. The van der Waals surface area contributed by atoms with Crippen LogP contribution >= 0.6 is 0 Å². The molecule has 0 aliphatic rings. The third-order valence-electron chi connectivity index (χ3n) is 2.48. The molecule has 0 spiro atoms. The Kier molecular flexibility index (Phi) is 4.65. The van der Waals surface area contributed by atoms with Crippen LogP contribution in [0.25, 0.3) is 11.1 Å². The fourth-order valence-electron chi connectivity index (χ4n) is 1.50. The number of benzene rings is 1. The summed E-state index contributed by atoms with van der Waals surface area (Å²) in [5, 5.41) is 0. The molecule has 0 N–H and O–H groups in total. The molecule has 1 aromatic heterocycles. The fourth-order valence-corrected chi connectivity index (χ4v) is 1.50. The van der Waals surface area contributed by atoms with Crippen molar-refractivity contribution in [3.8, 4) is 11.1 Å². The average Bonchev–Trinajstić information content (AvgIpc) is 2.36. The zero-order valence-electron chi connectivity index (χ0n) is 10.4. The van der Waals surface area contributed by atoms with Gasteiger partial charge in [-0.3, -0.25) is 0 Å². The number of aryl methyl sites for hydroxylation is 1. The smallest absolute Gasteiger partial charge is 0.115 e. The summed E-state index contributed by atoms with van der Waals surface area (Å²) >= 11 is 0. The van der Waals surface area contributed by atoms with Crippen LogP contribution in [0.2, 0.25) is 0 Å². The molecule has 0 fully saturated rings. The summed E-state index contributed by atoms with van der Waals surface area (Å²) in [5.74, 6) is 0. The van der Waals surface area contributed by atoms with Crippen LogP contribution in [0.1, 0.15) is 25.0 Å². The van der Waals surface area contributed by atoms with Gasteiger partial charge in [0, 0.05) is 18.0 Å². The van der Waals surface area contributed by atoms with E-state index in [2.05, 4.69) is 42.0 Å². The molecule has 0 aliphatic carbocycles. The topological polar surface area (TPSA) is 25.8 Å². The molecular weight excluding hydrogens is 196 g/mol. The Morgan fingerprint density at radius 3 is 2.19 bits per heavy atom. The van der Waals surface area contributed by atoms with Crippen LogP contribution < -0.4 is 0 Å². The van der Waals surface area contributed by atoms with E-state index < -0.39 is 0 Å². The highest BCUT2D eigenvalue weighted by Crippen LogP contribution is 2.23. The predicted molar refractivity (Wildman–Crippen MR) is 68.3 cm³/mol. The minimum Gasteiger partial charge on any atom is -0.244 e. The van der Waals surface area contributed by atoms with Crippen LogP contribution in [-0.4, -0.2) is 9.97 Å². The highest BCUT2D eigenvalue weighted by molar-refractivity contribution is 5.66. The minimum absolute atomic E-state index is 1.08. The van der Waals surface area contributed by atoms with Gasteiger partial charge in [0.1, 0.15) is 6.33 Å². The molecule has 0 atom stereocenters. The highest BCUT2D eigenvalue weighted by atomic mass is 14.8. The summed E-state index contributed by atoms with van der Waals surface area (Å²) in [6, 6.07) is 6.27. The second kappa shape index (κ2) is 6.01. The zero-order chi connectivity index (χ0) is 12.0. The Bertz CT molecular complexity index is 436. The molecule has 16 heavy (non-hydrogen) atoms. The van der Waals surface area contributed by atoms with Gasteiger partial charge in [0.25, 0.3) is 0 Å². The second-order valence-electron chi connectivity index (χ2n) is 3.37. The van der Waals surface area contributed by atoms with E-state index in [1.807, 2.05) is 26.2 Å². The standard InChI is InChI=1S/C12H12N2.C2H6/c1-9-4-3-5-12(10(9)2)11-6-13-8-14-7-11;1-2/h3-8H,1-2H3;1-2H3. The van der Waals surface area contributed by atoms with Gasteiger partial charge in [-0.25, -0.2) is 9.97 Å². The van der Waals surface area contributed by atoms with Crippen molar-refractivity contribution < 1.29 is 0 Å². The maximum absolute atomic E-state index is 4.02. The molecule has 0 aliphatic heterocycles. The number of nitrogens with zero attached hydrogens (tertiary/aromatic N) is 2. The summed E-state index contributed by atoms with van der Waals surface area (Å²) < 4.78 is 0. The Labute approximate surface area is 97.4 Å². The van der Waals surface area contributed by atoms with Gasteiger partial charge in [0.15, 0.2) is 0 Å². The molecule has 0 amide bonds. The summed E-state index contributed by atoms with van der Waals surface area (Å²) in [6.07, 6.45) is 5.23. The Balaban J connectivity index is 0.000000606. The van der Waals surface area contributed by atoms with Gasteiger partial charge in [-0.15, -0.1) is 0 Å². The predicted octanol–water partition coefficient (Wildman–Crippen LogP) is 3.79. The second-order valence-corrected chi connectivity index (χ2v) is 3.37. The summed E-state index contributed by atoms with van der Waals surface area (Å²) in [4.78, 5) is 8.04. The van der Waals surface area contributed by atoms with Crippen molar-refractivity contribution in [2.24, 2.45) is 0 Å². The van der Waals surface area contributed by atoms with E-state index in [0.717, 1.165) is 5.56 Å². The lowest BCUT2D eigenvalue weighted by Gasteiger charge is -2.07. The van der Waals surface area contributed by atoms with Crippen molar-refractivity contribution in [3.63, 3.8) is 0 Å². The number of hydrogen-bond donors (Lipinski definition) is 0. The normalized spacial score (nSPS) is 9.25. The van der Waals surface area contributed by atoms with Crippen molar-refractivity contribution in [2.75, 3.05) is 0 Å². The number of rotatable bonds is 1. The van der Waals surface area contributed by atoms with Crippen molar-refractivity contribution in [3.05, 3.63) is 48.0 Å². The molecule has 0 radical (unpaired) electrons. The molecule has 2 heteroatoms. The van der Waals surface area contributed by atoms with Crippen LogP contribution in [0.5, 0.6) is 0 Å². The maximum atomic E-state index is 4.02. The maximum Gasteiger partial charge on any atom is 0.115 e. The first-order chi connectivity index (χ1) is 7.79. The van der Waals surface area contributed by atoms with Crippen LogP contribution in [0.3, 0.4) is 0 Å². The van der Waals surface area contributed by atoms with Gasteiger partial charge in [0.05, 0.1) is 0 Å². The highest BCUT2D eigenvalue weighted by Gasteiger charge is 2.02. The zero-order valence-corrected chi connectivity index (χ0v) is 10.4. The van der Waals surface area contributed by atoms with Gasteiger partial charge >= 0.3 is 0 Å². The molecule has 1 heterocycles. The largest absolute Gasteiger partial charge is 0.244 e. The quantitative estimate of drug-likeness (QED) is 0.721. The summed E-state index contributed by atoms with van der Waals surface area (Å²) in [7, 11) is 0. The lowest BCUT2D eigenvalue weighted by molar-refractivity contribution is 1.17. The van der Waals surface area contributed by atoms with Crippen molar-refractivity contribution in [1.82, 2.24) is 9.97 Å². The SMILES string of the molecule is CC.Cc1cccc(-c2cncnc2)c1C. The Hall–Kier alpha value is -1.70. The van der Waals surface area contributed by atoms with E-state index in [0.29, 0.717) is 0 Å². The lowest BCUT2D eigenvalue weighted by atomic mass is 9.99. The Morgan fingerprint density at radius 2 is 1.56 bits per heavy atom. The van der Waals surface area contributed by atoms with Crippen LogP contribution in [0.4, 0.5) is 0 Å². The summed E-state index contributed by atoms with van der Waals surface area (Å²) in [6.45, 7) is 8.24. The third kappa shape index (κ3) is 2.66. The summed E-state index contributed by atoms with van der Waals surface area (Å²) in [5.41, 5.74) is 4.88. The van der Waals surface area contributed by atoms with Crippen molar-refractivity contribution in [1.29, 1.82) is 0 Å². The molecule has 2 aromatic rings. The van der Waals surface area contributed by atoms with Gasteiger partial charge in [-0.2, -0.15) is 0 Å². The van der Waals surface area contributed by atoms with E-state index in [9.17, 15) is 0 Å². The van der Waals surface area contributed by atoms with Crippen molar-refractivity contribution in [2.45, 2.75) is 27.7 Å². The first kappa shape index (κ1) is 12.4. The molecule has 1 aromatic carbocycles. The molecule has 0 bridgehead atoms. The first-order valence-electron chi connectivity index (χ1n) is 5.60. The molecule has 0 saturated carbocycles. The van der Waals surface area contributed by atoms with E-state index in [4.69, 9.17) is 0 Å². The van der Waals surface area contributed by atoms with Crippen LogP contribution in [0, 0.1) is 13.8 Å². The number of aromatic nitrogens is 2. The molecule has 0 saturated heterocycles. The van der Waals surface area contributed by atoms with Gasteiger partial charge in [0.2, 0.25) is 0 Å². The molecule has 0 unspecified atom stereocenters. The first-order valence-corrected chi connectivity index (χ1v) is 5.60. The van der Waals surface area contributed by atoms with Crippen LogP contribution in [0.15, 0.2) is 36.9 Å². The molecular formula is C14H18N2. The van der Waals surface area contributed by atoms with Gasteiger partial charge < -0.3 is 0 Å². The van der Waals surface area contributed by atoms with Crippen LogP contribution in [-0.2, 0) is 0 Å². The number of hydrogen-bond acceptors (Lipinski definition) is 2. The molecule has 2 nitrogen and oxygen atoms in total. The monoisotopic (exact) mass is 214 g/mol. The minimum atomic E-state index is 1.08. The van der Waals surface area contributed by atoms with Crippen molar-refractivity contribution >= 4 is 0 Å². The average molecular weight is 214 g/mol. The van der Waals surface area contributed by atoms with E-state index >= 15 is 0 Å². The van der Waals surface area contributed by atoms with E-state index in [-0.39, 0.29) is 0 Å². The third-order valence-corrected chi connectivity index (χ3v) is 2.48. The van der Waals surface area contributed by atoms with Gasteiger partial charge in [-0.1, -0.05) is 32.0 Å². The van der Waals surface area contributed by atoms with E-state index in [1.54, 1.807) is 6.33 Å². The van der Waals surface area contributed by atoms with Gasteiger partial charge in [-0.05, 0) is 30.5 Å².